The molecule has 2 N–H and O–H groups in total. The minimum atomic E-state index is -0.454. The van der Waals surface area contributed by atoms with E-state index in [0.29, 0.717) is 25.6 Å². The summed E-state index contributed by atoms with van der Waals surface area (Å²) < 4.78 is 11.2. The van der Waals surface area contributed by atoms with Gasteiger partial charge in [-0.1, -0.05) is 0 Å². The van der Waals surface area contributed by atoms with Crippen molar-refractivity contribution in [2.45, 2.75) is 52.1 Å². The highest BCUT2D eigenvalue weighted by Gasteiger charge is 2.28. The van der Waals surface area contributed by atoms with Crippen molar-refractivity contribution in [3.8, 4) is 5.75 Å². The maximum atomic E-state index is 12.1. The molecule has 1 aromatic rings. The van der Waals surface area contributed by atoms with Crippen LogP contribution in [0.1, 0.15) is 52.0 Å². The normalized spacial score (nSPS) is 16.3. The maximum Gasteiger partial charge on any atom is 0.410 e. The summed E-state index contributed by atoms with van der Waals surface area (Å²) in [5.74, 6) is 1.26. The number of ether oxygens (including phenoxy) is 2. The first-order valence-corrected chi connectivity index (χ1v) is 8.30. The number of carbonyl (C=O) groups is 1. The number of likely N-dealkylation sites (tertiary alicyclic amines) is 1. The lowest BCUT2D eigenvalue weighted by molar-refractivity contribution is 0.0204. The Morgan fingerprint density at radius 1 is 1.30 bits per heavy atom. The van der Waals surface area contributed by atoms with Gasteiger partial charge in [-0.05, 0) is 70.2 Å². The molecule has 23 heavy (non-hydrogen) atoms. The molecule has 0 aliphatic carbocycles. The molecule has 0 radical (unpaired) electrons. The molecule has 5 heteroatoms. The van der Waals surface area contributed by atoms with Crippen LogP contribution < -0.4 is 10.5 Å². The third kappa shape index (κ3) is 4.78. The Hall–Kier alpha value is -1.91. The molecule has 0 aromatic heterocycles. The van der Waals surface area contributed by atoms with Gasteiger partial charge in [-0.15, -0.1) is 0 Å². The summed E-state index contributed by atoms with van der Waals surface area (Å²) in [5, 5.41) is 0. The lowest BCUT2D eigenvalue weighted by Gasteiger charge is -2.34. The number of anilines is 1. The van der Waals surface area contributed by atoms with E-state index in [1.165, 1.54) is 0 Å². The van der Waals surface area contributed by atoms with Gasteiger partial charge < -0.3 is 20.1 Å². The topological polar surface area (TPSA) is 64.8 Å². The third-order valence-electron chi connectivity index (χ3n) is 3.92. The molecule has 1 fully saturated rings. The second-order valence-electron chi connectivity index (χ2n) is 6.97. The molecular formula is C18H28N2O3. The first kappa shape index (κ1) is 17.4. The number of carbonyl (C=O) groups excluding carboxylic acids is 1. The van der Waals surface area contributed by atoms with E-state index in [1.54, 1.807) is 4.90 Å². The summed E-state index contributed by atoms with van der Waals surface area (Å²) in [5.41, 5.74) is 7.38. The number of rotatable bonds is 3. The molecule has 1 heterocycles. The summed E-state index contributed by atoms with van der Waals surface area (Å²) in [7, 11) is 0. The van der Waals surface area contributed by atoms with Gasteiger partial charge in [0.1, 0.15) is 11.4 Å². The third-order valence-corrected chi connectivity index (χ3v) is 3.92. The summed E-state index contributed by atoms with van der Waals surface area (Å²) >= 11 is 0. The molecular weight excluding hydrogens is 292 g/mol. The fourth-order valence-corrected chi connectivity index (χ4v) is 2.87. The van der Waals surface area contributed by atoms with Crippen LogP contribution >= 0.6 is 0 Å². The predicted octanol–water partition coefficient (Wildman–Crippen LogP) is 3.78. The van der Waals surface area contributed by atoms with Gasteiger partial charge in [0, 0.05) is 18.8 Å². The Morgan fingerprint density at radius 2 is 1.96 bits per heavy atom. The molecule has 1 aliphatic heterocycles. The van der Waals surface area contributed by atoms with Gasteiger partial charge in [0.2, 0.25) is 0 Å². The standard InChI is InChI=1S/C18H28N2O3/c1-5-22-16-7-6-14(19)12-15(16)13-8-10-20(11-9-13)17(21)23-18(2,3)4/h6-7,12-13H,5,8-11,19H2,1-4H3. The molecule has 1 aliphatic rings. The zero-order valence-corrected chi connectivity index (χ0v) is 14.6. The SMILES string of the molecule is CCOc1ccc(N)cc1C1CCN(C(=O)OC(C)(C)C)CC1. The zero-order valence-electron chi connectivity index (χ0n) is 14.6. The number of nitrogens with two attached hydrogens (primary N) is 1. The van der Waals surface area contributed by atoms with Gasteiger partial charge in [0.05, 0.1) is 6.61 Å². The lowest BCUT2D eigenvalue weighted by atomic mass is 9.88. The van der Waals surface area contributed by atoms with Gasteiger partial charge in [-0.2, -0.15) is 0 Å². The van der Waals surface area contributed by atoms with Crippen molar-refractivity contribution in [3.05, 3.63) is 23.8 Å². The highest BCUT2D eigenvalue weighted by molar-refractivity contribution is 5.68. The molecule has 1 amide bonds. The average molecular weight is 320 g/mol. The number of hydrogen-bond donors (Lipinski definition) is 1. The van der Waals surface area contributed by atoms with Crippen molar-refractivity contribution in [1.29, 1.82) is 0 Å². The Morgan fingerprint density at radius 3 is 2.52 bits per heavy atom. The van der Waals surface area contributed by atoms with E-state index < -0.39 is 5.60 Å². The molecule has 1 aromatic carbocycles. The summed E-state index contributed by atoms with van der Waals surface area (Å²) in [6, 6.07) is 5.80. The van der Waals surface area contributed by atoms with Crippen molar-refractivity contribution >= 4 is 11.8 Å². The lowest BCUT2D eigenvalue weighted by Crippen LogP contribution is -2.41. The van der Waals surface area contributed by atoms with Gasteiger partial charge >= 0.3 is 6.09 Å². The van der Waals surface area contributed by atoms with Gasteiger partial charge in [0.25, 0.3) is 0 Å². The van der Waals surface area contributed by atoms with E-state index in [-0.39, 0.29) is 6.09 Å². The van der Waals surface area contributed by atoms with Crippen LogP contribution in [0.25, 0.3) is 0 Å². The van der Waals surface area contributed by atoms with Crippen LogP contribution in [-0.2, 0) is 4.74 Å². The number of hydrogen-bond acceptors (Lipinski definition) is 4. The fraction of sp³-hybridized carbons (Fsp3) is 0.611. The van der Waals surface area contributed by atoms with E-state index >= 15 is 0 Å². The summed E-state index contributed by atoms with van der Waals surface area (Å²) in [6.07, 6.45) is 1.56. The van der Waals surface area contributed by atoms with Gasteiger partial charge in [0.15, 0.2) is 0 Å². The Labute approximate surface area is 138 Å². The Kier molecular flexibility index (Phi) is 5.39. The van der Waals surface area contributed by atoms with E-state index in [4.69, 9.17) is 15.2 Å². The largest absolute Gasteiger partial charge is 0.494 e. The smallest absolute Gasteiger partial charge is 0.410 e. The highest BCUT2D eigenvalue weighted by atomic mass is 16.6. The quantitative estimate of drug-likeness (QED) is 0.861. The van der Waals surface area contributed by atoms with Crippen LogP contribution in [0.4, 0.5) is 10.5 Å². The van der Waals surface area contributed by atoms with Crippen molar-refractivity contribution in [2.24, 2.45) is 0 Å². The monoisotopic (exact) mass is 320 g/mol. The molecule has 2 rings (SSSR count). The number of nitrogens with zero attached hydrogens (tertiary/aromatic N) is 1. The van der Waals surface area contributed by atoms with Crippen molar-refractivity contribution < 1.29 is 14.3 Å². The number of nitrogen functional groups attached to an aromatic ring is 1. The Bertz CT molecular complexity index is 544. The highest BCUT2D eigenvalue weighted by Crippen LogP contribution is 2.35. The first-order valence-electron chi connectivity index (χ1n) is 8.30. The van der Waals surface area contributed by atoms with Crippen LogP contribution in [0.3, 0.4) is 0 Å². The number of piperidine rings is 1. The van der Waals surface area contributed by atoms with E-state index in [9.17, 15) is 4.79 Å². The zero-order chi connectivity index (χ0) is 17.0. The molecule has 0 unspecified atom stereocenters. The molecule has 1 saturated heterocycles. The molecule has 0 atom stereocenters. The molecule has 5 nitrogen and oxygen atoms in total. The summed E-state index contributed by atoms with van der Waals surface area (Å²) in [6.45, 7) is 9.66. The van der Waals surface area contributed by atoms with Crippen LogP contribution in [0.2, 0.25) is 0 Å². The van der Waals surface area contributed by atoms with E-state index in [1.807, 2.05) is 45.9 Å². The predicted molar refractivity (Wildman–Crippen MR) is 91.8 cm³/mol. The van der Waals surface area contributed by atoms with Crippen molar-refractivity contribution in [1.82, 2.24) is 4.90 Å². The number of benzene rings is 1. The van der Waals surface area contributed by atoms with Gasteiger partial charge in [-0.25, -0.2) is 4.79 Å². The minimum Gasteiger partial charge on any atom is -0.494 e. The van der Waals surface area contributed by atoms with Crippen LogP contribution in [0, 0.1) is 0 Å². The second kappa shape index (κ2) is 7.11. The fourth-order valence-electron chi connectivity index (χ4n) is 2.87. The van der Waals surface area contributed by atoms with Crippen LogP contribution in [-0.4, -0.2) is 36.3 Å². The van der Waals surface area contributed by atoms with Crippen LogP contribution in [0.5, 0.6) is 5.75 Å². The average Bonchev–Trinajstić information content (AvgIpc) is 2.48. The van der Waals surface area contributed by atoms with E-state index in [2.05, 4.69) is 0 Å². The van der Waals surface area contributed by atoms with Crippen molar-refractivity contribution in [3.63, 3.8) is 0 Å². The van der Waals surface area contributed by atoms with Crippen molar-refractivity contribution in [2.75, 3.05) is 25.4 Å². The number of amides is 1. The molecule has 0 spiro atoms. The van der Waals surface area contributed by atoms with Crippen LogP contribution in [0.15, 0.2) is 18.2 Å². The second-order valence-corrected chi connectivity index (χ2v) is 6.97. The first-order chi connectivity index (χ1) is 10.8. The minimum absolute atomic E-state index is 0.228. The maximum absolute atomic E-state index is 12.1. The summed E-state index contributed by atoms with van der Waals surface area (Å²) in [4.78, 5) is 13.9. The molecule has 0 saturated carbocycles. The molecule has 0 bridgehead atoms. The van der Waals surface area contributed by atoms with Gasteiger partial charge in [-0.3, -0.25) is 0 Å². The Balaban J connectivity index is 2.02. The van der Waals surface area contributed by atoms with E-state index in [0.717, 1.165) is 29.8 Å². The molecule has 128 valence electrons.